The van der Waals surface area contributed by atoms with Gasteiger partial charge in [-0.1, -0.05) is 12.1 Å². The highest BCUT2D eigenvalue weighted by molar-refractivity contribution is 9.10. The van der Waals surface area contributed by atoms with Crippen LogP contribution >= 0.6 is 27.3 Å². The second-order valence-electron chi connectivity index (χ2n) is 3.22. The SMILES string of the molecule is Brc1csc(-c2cccc3[nH]ccc23)n1. The van der Waals surface area contributed by atoms with Gasteiger partial charge in [0.2, 0.25) is 0 Å². The molecule has 2 nitrogen and oxygen atoms in total. The Morgan fingerprint density at radius 2 is 2.20 bits per heavy atom. The summed E-state index contributed by atoms with van der Waals surface area (Å²) >= 11 is 5.02. The monoisotopic (exact) mass is 278 g/mol. The summed E-state index contributed by atoms with van der Waals surface area (Å²) in [5, 5.41) is 4.27. The molecular formula is C11H7BrN2S. The number of hydrogen-bond donors (Lipinski definition) is 1. The maximum Gasteiger partial charge on any atom is 0.125 e. The third-order valence-corrected chi connectivity index (χ3v) is 3.89. The maximum absolute atomic E-state index is 4.43. The van der Waals surface area contributed by atoms with Gasteiger partial charge in [-0.05, 0) is 28.1 Å². The lowest BCUT2D eigenvalue weighted by molar-refractivity contribution is 1.37. The van der Waals surface area contributed by atoms with Crippen molar-refractivity contribution in [1.29, 1.82) is 0 Å². The summed E-state index contributed by atoms with van der Waals surface area (Å²) in [5.41, 5.74) is 2.34. The Hall–Kier alpha value is -1.13. The lowest BCUT2D eigenvalue weighted by atomic mass is 10.1. The molecule has 74 valence electrons. The molecule has 2 heterocycles. The van der Waals surface area contributed by atoms with Gasteiger partial charge in [-0.25, -0.2) is 4.98 Å². The Morgan fingerprint density at radius 1 is 1.27 bits per heavy atom. The second kappa shape index (κ2) is 3.47. The van der Waals surface area contributed by atoms with Gasteiger partial charge in [-0.2, -0.15) is 0 Å². The van der Waals surface area contributed by atoms with Gasteiger partial charge in [0.25, 0.3) is 0 Å². The molecule has 3 rings (SSSR count). The molecule has 15 heavy (non-hydrogen) atoms. The van der Waals surface area contributed by atoms with Crippen LogP contribution in [0.25, 0.3) is 21.5 Å². The first-order chi connectivity index (χ1) is 7.34. The first kappa shape index (κ1) is 9.12. The molecule has 0 aliphatic carbocycles. The van der Waals surface area contributed by atoms with E-state index in [1.807, 2.05) is 17.6 Å². The Bertz CT molecular complexity index is 612. The largest absolute Gasteiger partial charge is 0.361 e. The van der Waals surface area contributed by atoms with Crippen molar-refractivity contribution in [3.05, 3.63) is 40.4 Å². The Labute approximate surface area is 99.1 Å². The third-order valence-electron chi connectivity index (χ3n) is 2.30. The van der Waals surface area contributed by atoms with E-state index < -0.39 is 0 Å². The molecule has 3 aromatic rings. The molecule has 0 bridgehead atoms. The second-order valence-corrected chi connectivity index (χ2v) is 4.89. The molecule has 1 aromatic carbocycles. The quantitative estimate of drug-likeness (QED) is 0.715. The van der Waals surface area contributed by atoms with Gasteiger partial charge in [0, 0.05) is 28.0 Å². The molecule has 0 spiro atoms. The summed E-state index contributed by atoms with van der Waals surface area (Å²) < 4.78 is 0.898. The number of halogens is 1. The van der Waals surface area contributed by atoms with E-state index in [2.05, 4.69) is 44.1 Å². The standard InChI is InChI=1S/C11H7BrN2S/c12-10-6-15-11(14-10)8-2-1-3-9-7(8)4-5-13-9/h1-6,13H. The van der Waals surface area contributed by atoms with Crippen LogP contribution in [0.5, 0.6) is 0 Å². The zero-order chi connectivity index (χ0) is 10.3. The molecule has 0 unspecified atom stereocenters. The fourth-order valence-corrected chi connectivity index (χ4v) is 2.94. The van der Waals surface area contributed by atoms with Gasteiger partial charge >= 0.3 is 0 Å². The number of benzene rings is 1. The van der Waals surface area contributed by atoms with Crippen LogP contribution in [0.4, 0.5) is 0 Å². The van der Waals surface area contributed by atoms with Crippen molar-refractivity contribution in [1.82, 2.24) is 9.97 Å². The molecule has 0 aliphatic rings. The van der Waals surface area contributed by atoms with Crippen molar-refractivity contribution in [2.45, 2.75) is 0 Å². The molecule has 1 N–H and O–H groups in total. The minimum Gasteiger partial charge on any atom is -0.361 e. The van der Waals surface area contributed by atoms with Crippen molar-refractivity contribution in [2.24, 2.45) is 0 Å². The zero-order valence-corrected chi connectivity index (χ0v) is 10.1. The van der Waals surface area contributed by atoms with E-state index in [1.54, 1.807) is 11.3 Å². The fraction of sp³-hybridized carbons (Fsp3) is 0. The summed E-state index contributed by atoms with van der Waals surface area (Å²) in [5.74, 6) is 0. The molecule has 4 heteroatoms. The number of fused-ring (bicyclic) bond motifs is 1. The van der Waals surface area contributed by atoms with E-state index in [-0.39, 0.29) is 0 Å². The van der Waals surface area contributed by atoms with Crippen molar-refractivity contribution in [3.8, 4) is 10.6 Å². The van der Waals surface area contributed by atoms with Crippen LogP contribution in [0.2, 0.25) is 0 Å². The Kier molecular flexibility index (Phi) is 2.11. The van der Waals surface area contributed by atoms with Crippen molar-refractivity contribution < 1.29 is 0 Å². The summed E-state index contributed by atoms with van der Waals surface area (Å²) in [7, 11) is 0. The predicted octanol–water partition coefficient (Wildman–Crippen LogP) is 4.05. The van der Waals surface area contributed by atoms with E-state index in [9.17, 15) is 0 Å². The maximum atomic E-state index is 4.43. The summed E-state index contributed by atoms with van der Waals surface area (Å²) in [6.07, 6.45) is 1.96. The highest BCUT2D eigenvalue weighted by Crippen LogP contribution is 2.31. The van der Waals surface area contributed by atoms with Gasteiger partial charge in [0.1, 0.15) is 9.61 Å². The molecule has 0 atom stereocenters. The lowest BCUT2D eigenvalue weighted by Crippen LogP contribution is -1.77. The number of aromatic amines is 1. The van der Waals surface area contributed by atoms with Gasteiger partial charge in [-0.3, -0.25) is 0 Å². The van der Waals surface area contributed by atoms with Crippen LogP contribution in [0, 0.1) is 0 Å². The number of nitrogens with zero attached hydrogens (tertiary/aromatic N) is 1. The van der Waals surface area contributed by atoms with Crippen molar-refractivity contribution >= 4 is 38.2 Å². The van der Waals surface area contributed by atoms with Crippen molar-refractivity contribution in [2.75, 3.05) is 0 Å². The molecule has 0 amide bonds. The van der Waals surface area contributed by atoms with Crippen LogP contribution in [-0.2, 0) is 0 Å². The van der Waals surface area contributed by atoms with Crippen LogP contribution in [-0.4, -0.2) is 9.97 Å². The summed E-state index contributed by atoms with van der Waals surface area (Å²) in [6, 6.07) is 8.30. The average molecular weight is 279 g/mol. The Balaban J connectivity index is 2.30. The van der Waals surface area contributed by atoms with E-state index in [4.69, 9.17) is 0 Å². The van der Waals surface area contributed by atoms with Crippen LogP contribution in [0.15, 0.2) is 40.4 Å². The topological polar surface area (TPSA) is 28.7 Å². The minimum atomic E-state index is 0.898. The first-order valence-corrected chi connectivity index (χ1v) is 6.19. The molecule has 0 fully saturated rings. The average Bonchev–Trinajstić information content (AvgIpc) is 2.84. The van der Waals surface area contributed by atoms with Gasteiger partial charge in [0.05, 0.1) is 0 Å². The fourth-order valence-electron chi connectivity index (χ4n) is 1.65. The number of hydrogen-bond acceptors (Lipinski definition) is 2. The van der Waals surface area contributed by atoms with Crippen LogP contribution in [0.1, 0.15) is 0 Å². The van der Waals surface area contributed by atoms with Gasteiger partial charge in [-0.15, -0.1) is 11.3 Å². The van der Waals surface area contributed by atoms with Gasteiger partial charge in [0.15, 0.2) is 0 Å². The highest BCUT2D eigenvalue weighted by Gasteiger charge is 2.07. The molecular weight excluding hydrogens is 272 g/mol. The highest BCUT2D eigenvalue weighted by atomic mass is 79.9. The van der Waals surface area contributed by atoms with Gasteiger partial charge < -0.3 is 4.98 Å². The minimum absolute atomic E-state index is 0.898. The molecule has 0 radical (unpaired) electrons. The number of rotatable bonds is 1. The third kappa shape index (κ3) is 1.50. The molecule has 2 aromatic heterocycles. The molecule has 0 saturated heterocycles. The number of thiazole rings is 1. The smallest absolute Gasteiger partial charge is 0.125 e. The van der Waals surface area contributed by atoms with Crippen LogP contribution in [0.3, 0.4) is 0 Å². The zero-order valence-electron chi connectivity index (χ0n) is 7.70. The van der Waals surface area contributed by atoms with E-state index >= 15 is 0 Å². The van der Waals surface area contributed by atoms with Crippen LogP contribution < -0.4 is 0 Å². The summed E-state index contributed by atoms with van der Waals surface area (Å²) in [6.45, 7) is 0. The predicted molar refractivity (Wildman–Crippen MR) is 67.1 cm³/mol. The molecule has 0 saturated carbocycles. The van der Waals surface area contributed by atoms with E-state index in [0.29, 0.717) is 0 Å². The van der Waals surface area contributed by atoms with E-state index in [0.717, 1.165) is 15.1 Å². The Morgan fingerprint density at radius 3 is 3.00 bits per heavy atom. The van der Waals surface area contributed by atoms with Crippen molar-refractivity contribution in [3.63, 3.8) is 0 Å². The molecule has 0 aliphatic heterocycles. The number of nitrogens with one attached hydrogen (secondary N) is 1. The normalized spacial score (nSPS) is 11.0. The summed E-state index contributed by atoms with van der Waals surface area (Å²) in [4.78, 5) is 7.63. The lowest BCUT2D eigenvalue weighted by Gasteiger charge is -1.97. The first-order valence-electron chi connectivity index (χ1n) is 4.52. The number of aromatic nitrogens is 2. The van der Waals surface area contributed by atoms with E-state index in [1.165, 1.54) is 10.9 Å². The number of H-pyrrole nitrogens is 1.